The standard InChI is InChI=1S/C19H20N8O/c1-25-11-14(9-22-25)23-18-21-8-12-10-26(15-5-6-15)19(28)27(17(12)24-18)16-4-2-3-13(20)7-16/h2-4,7-9,11,15H,5-6,10,20H2,1H3,(H,21,23,24). The van der Waals surface area contributed by atoms with Crippen LogP contribution in [0.1, 0.15) is 18.4 Å². The van der Waals surface area contributed by atoms with Gasteiger partial charge in [-0.15, -0.1) is 0 Å². The molecule has 1 saturated carbocycles. The fourth-order valence-electron chi connectivity index (χ4n) is 3.42. The maximum atomic E-state index is 13.3. The van der Waals surface area contributed by atoms with Crippen LogP contribution in [0.25, 0.3) is 0 Å². The van der Waals surface area contributed by atoms with Crippen LogP contribution in [0.15, 0.2) is 42.9 Å². The predicted molar refractivity (Wildman–Crippen MR) is 105 cm³/mol. The van der Waals surface area contributed by atoms with E-state index in [1.807, 2.05) is 30.3 Å². The minimum absolute atomic E-state index is 0.0772. The van der Waals surface area contributed by atoms with Crippen molar-refractivity contribution in [3.05, 3.63) is 48.4 Å². The Labute approximate surface area is 161 Å². The fourth-order valence-corrected chi connectivity index (χ4v) is 3.42. The molecule has 1 aliphatic heterocycles. The zero-order valence-electron chi connectivity index (χ0n) is 15.4. The second-order valence-electron chi connectivity index (χ2n) is 7.14. The molecule has 142 valence electrons. The average molecular weight is 376 g/mol. The van der Waals surface area contributed by atoms with Gasteiger partial charge in [0.25, 0.3) is 0 Å². The maximum absolute atomic E-state index is 13.3. The molecular weight excluding hydrogens is 356 g/mol. The third-order valence-electron chi connectivity index (χ3n) is 4.91. The molecule has 9 nitrogen and oxygen atoms in total. The van der Waals surface area contributed by atoms with Crippen LogP contribution < -0.4 is 16.0 Å². The normalized spacial score (nSPS) is 16.2. The number of carbonyl (C=O) groups is 1. The second kappa shape index (κ2) is 6.22. The van der Waals surface area contributed by atoms with E-state index in [1.54, 1.807) is 34.1 Å². The van der Waals surface area contributed by atoms with Crippen LogP contribution in [0.2, 0.25) is 0 Å². The first kappa shape index (κ1) is 16.5. The van der Waals surface area contributed by atoms with E-state index >= 15 is 0 Å². The summed E-state index contributed by atoms with van der Waals surface area (Å²) in [5.41, 5.74) is 8.94. The van der Waals surface area contributed by atoms with Gasteiger partial charge in [-0.3, -0.25) is 4.68 Å². The highest BCUT2D eigenvalue weighted by Crippen LogP contribution is 2.39. The molecule has 1 fully saturated rings. The number of benzene rings is 1. The molecule has 1 aliphatic carbocycles. The highest BCUT2D eigenvalue weighted by Gasteiger charge is 2.41. The first-order chi connectivity index (χ1) is 13.6. The summed E-state index contributed by atoms with van der Waals surface area (Å²) in [5, 5.41) is 7.27. The number of nitrogens with one attached hydrogen (secondary N) is 1. The third kappa shape index (κ3) is 2.90. The van der Waals surface area contributed by atoms with Crippen molar-refractivity contribution in [2.24, 2.45) is 7.05 Å². The van der Waals surface area contributed by atoms with Crippen LogP contribution in [0.4, 0.5) is 33.6 Å². The van der Waals surface area contributed by atoms with Crippen molar-refractivity contribution in [2.75, 3.05) is 16.0 Å². The Balaban J connectivity index is 1.57. The first-order valence-electron chi connectivity index (χ1n) is 9.16. The van der Waals surface area contributed by atoms with Gasteiger partial charge in [0, 0.05) is 36.7 Å². The molecule has 0 bridgehead atoms. The monoisotopic (exact) mass is 376 g/mol. The van der Waals surface area contributed by atoms with Gasteiger partial charge in [-0.1, -0.05) is 6.07 Å². The van der Waals surface area contributed by atoms with Crippen LogP contribution in [0.3, 0.4) is 0 Å². The van der Waals surface area contributed by atoms with Crippen molar-refractivity contribution >= 4 is 34.9 Å². The number of urea groups is 1. The number of hydrogen-bond acceptors (Lipinski definition) is 6. The van der Waals surface area contributed by atoms with Gasteiger partial charge in [0.05, 0.1) is 24.1 Å². The molecule has 2 aliphatic rings. The lowest BCUT2D eigenvalue weighted by molar-refractivity contribution is 0.198. The number of carbonyl (C=O) groups excluding carboxylic acids is 1. The molecule has 3 N–H and O–H groups in total. The third-order valence-corrected chi connectivity index (χ3v) is 4.91. The lowest BCUT2D eigenvalue weighted by Gasteiger charge is -2.36. The van der Waals surface area contributed by atoms with E-state index in [-0.39, 0.29) is 12.1 Å². The van der Waals surface area contributed by atoms with Crippen molar-refractivity contribution in [3.63, 3.8) is 0 Å². The Morgan fingerprint density at radius 1 is 1.25 bits per heavy atom. The van der Waals surface area contributed by atoms with Gasteiger partial charge in [-0.05, 0) is 31.0 Å². The van der Waals surface area contributed by atoms with Crippen LogP contribution in [0.5, 0.6) is 0 Å². The molecule has 2 amide bonds. The van der Waals surface area contributed by atoms with E-state index in [0.29, 0.717) is 29.7 Å². The smallest absolute Gasteiger partial charge is 0.330 e. The number of nitrogen functional groups attached to an aromatic ring is 1. The molecular formula is C19H20N8O. The van der Waals surface area contributed by atoms with Crippen LogP contribution in [0, 0.1) is 0 Å². The van der Waals surface area contributed by atoms with Gasteiger partial charge in [0.2, 0.25) is 5.95 Å². The number of anilines is 5. The summed E-state index contributed by atoms with van der Waals surface area (Å²) in [5.74, 6) is 0.988. The summed E-state index contributed by atoms with van der Waals surface area (Å²) >= 11 is 0. The lowest BCUT2D eigenvalue weighted by Crippen LogP contribution is -2.46. The number of aryl methyl sites for hydroxylation is 1. The number of hydrogen-bond donors (Lipinski definition) is 2. The van der Waals surface area contributed by atoms with E-state index in [2.05, 4.69) is 20.4 Å². The molecule has 1 aromatic carbocycles. The summed E-state index contributed by atoms with van der Waals surface area (Å²) in [6, 6.07) is 7.50. The van der Waals surface area contributed by atoms with E-state index in [0.717, 1.165) is 24.1 Å². The van der Waals surface area contributed by atoms with Gasteiger partial charge >= 0.3 is 6.03 Å². The highest BCUT2D eigenvalue weighted by atomic mass is 16.2. The second-order valence-corrected chi connectivity index (χ2v) is 7.14. The topological polar surface area (TPSA) is 105 Å². The molecule has 0 spiro atoms. The Morgan fingerprint density at radius 2 is 2.11 bits per heavy atom. The summed E-state index contributed by atoms with van der Waals surface area (Å²) in [6.07, 6.45) is 7.37. The van der Waals surface area contributed by atoms with Crippen molar-refractivity contribution < 1.29 is 4.79 Å². The molecule has 9 heteroatoms. The van der Waals surface area contributed by atoms with E-state index in [1.165, 1.54) is 0 Å². The van der Waals surface area contributed by atoms with Crippen LogP contribution in [-0.2, 0) is 13.6 Å². The Hall–Kier alpha value is -3.62. The van der Waals surface area contributed by atoms with Crippen molar-refractivity contribution in [1.29, 1.82) is 0 Å². The quantitative estimate of drug-likeness (QED) is 0.679. The SMILES string of the molecule is Cn1cc(Nc2ncc3c(n2)N(c2cccc(N)c2)C(=O)N(C2CC2)C3)cn1. The molecule has 0 unspecified atom stereocenters. The van der Waals surface area contributed by atoms with Gasteiger partial charge in [0.15, 0.2) is 5.82 Å². The fraction of sp³-hybridized carbons (Fsp3) is 0.263. The molecule has 0 atom stereocenters. The number of amides is 2. The van der Waals surface area contributed by atoms with Gasteiger partial charge in [-0.2, -0.15) is 10.1 Å². The number of aromatic nitrogens is 4. The van der Waals surface area contributed by atoms with Crippen molar-refractivity contribution in [2.45, 2.75) is 25.4 Å². The molecule has 3 heterocycles. The van der Waals surface area contributed by atoms with Crippen molar-refractivity contribution in [3.8, 4) is 0 Å². The lowest BCUT2D eigenvalue weighted by atomic mass is 10.1. The predicted octanol–water partition coefficient (Wildman–Crippen LogP) is 2.77. The summed E-state index contributed by atoms with van der Waals surface area (Å²) < 4.78 is 1.69. The zero-order valence-corrected chi connectivity index (χ0v) is 15.4. The summed E-state index contributed by atoms with van der Waals surface area (Å²) in [4.78, 5) is 25.9. The largest absolute Gasteiger partial charge is 0.399 e. The Morgan fingerprint density at radius 3 is 2.82 bits per heavy atom. The Kier molecular flexibility index (Phi) is 3.68. The van der Waals surface area contributed by atoms with E-state index in [4.69, 9.17) is 5.73 Å². The van der Waals surface area contributed by atoms with Gasteiger partial charge in [0.1, 0.15) is 0 Å². The van der Waals surface area contributed by atoms with Crippen molar-refractivity contribution in [1.82, 2.24) is 24.6 Å². The Bertz CT molecular complexity index is 1060. The summed E-state index contributed by atoms with van der Waals surface area (Å²) in [7, 11) is 1.84. The number of fused-ring (bicyclic) bond motifs is 1. The zero-order chi connectivity index (χ0) is 19.3. The minimum Gasteiger partial charge on any atom is -0.399 e. The molecule has 0 saturated heterocycles. The summed E-state index contributed by atoms with van der Waals surface area (Å²) in [6.45, 7) is 0.519. The van der Waals surface area contributed by atoms with E-state index in [9.17, 15) is 4.79 Å². The van der Waals surface area contributed by atoms with Gasteiger partial charge < -0.3 is 16.0 Å². The first-order valence-corrected chi connectivity index (χ1v) is 9.16. The number of nitrogens with zero attached hydrogens (tertiary/aromatic N) is 6. The molecule has 0 radical (unpaired) electrons. The molecule has 2 aromatic heterocycles. The van der Waals surface area contributed by atoms with E-state index < -0.39 is 0 Å². The van der Waals surface area contributed by atoms with Gasteiger partial charge in [-0.25, -0.2) is 14.7 Å². The highest BCUT2D eigenvalue weighted by molar-refractivity contribution is 6.01. The average Bonchev–Trinajstić information content (AvgIpc) is 3.43. The minimum atomic E-state index is -0.0772. The number of rotatable bonds is 4. The maximum Gasteiger partial charge on any atom is 0.330 e. The number of nitrogens with two attached hydrogens (primary N) is 1. The van der Waals surface area contributed by atoms with Crippen LogP contribution >= 0.6 is 0 Å². The molecule has 5 rings (SSSR count). The molecule has 3 aromatic rings. The van der Waals surface area contributed by atoms with Crippen LogP contribution in [-0.4, -0.2) is 36.7 Å². The molecule has 28 heavy (non-hydrogen) atoms.